The molecular weight excluding hydrogens is 957 g/mol. The molecular formula is C54H84N6O10S2. The van der Waals surface area contributed by atoms with E-state index in [1.165, 1.54) is 11.9 Å². The minimum atomic E-state index is -0.978. The second-order valence-electron chi connectivity index (χ2n) is 20.4. The average Bonchev–Trinajstić information content (AvgIpc) is 3.83. The highest BCUT2D eigenvalue weighted by Gasteiger charge is 2.41. The number of benzene rings is 2. The molecule has 4 rings (SSSR count). The van der Waals surface area contributed by atoms with Gasteiger partial charge in [0, 0.05) is 45.4 Å². The second kappa shape index (κ2) is 29.4. The first-order valence-electron chi connectivity index (χ1n) is 25.8. The summed E-state index contributed by atoms with van der Waals surface area (Å²) >= 11 is 0. The number of nitrogens with one attached hydrogen (secondary N) is 3. The van der Waals surface area contributed by atoms with E-state index in [1.807, 2.05) is 90.0 Å². The Bertz CT molecular complexity index is 2050. The quantitative estimate of drug-likeness (QED) is 0.0691. The van der Waals surface area contributed by atoms with Gasteiger partial charge in [-0.1, -0.05) is 125 Å². The Hall–Kier alpha value is -4.52. The molecule has 4 N–H and O–H groups in total. The minimum Gasteiger partial charge on any atom is -0.445 e. The maximum atomic E-state index is 14.6. The van der Waals surface area contributed by atoms with Crippen molar-refractivity contribution in [3.05, 3.63) is 65.7 Å². The number of hydrogen-bond donors (Lipinski definition) is 4. The molecule has 2 fully saturated rings. The van der Waals surface area contributed by atoms with Crippen LogP contribution >= 0.6 is 21.6 Å². The van der Waals surface area contributed by atoms with Crippen molar-refractivity contribution in [3.8, 4) is 0 Å². The SMILES string of the molecule is CC[C@H](C)[C@@H]([C@@H](CC(=O)N1CCC[C@H]1C[C@@H](C)C(=O)N[C@H](C)[C@@H](O)c1ccccc1)OC)N(C)C(=O)[C@@H](NC(=O)[C@H](C(C)C)N(C)C(=O)OCc1ccc(NC(=O)O[C@H]2CCCC[C@@H]2SSC)cc1)C(C)C. The van der Waals surface area contributed by atoms with Gasteiger partial charge in [0.15, 0.2) is 0 Å². The van der Waals surface area contributed by atoms with Gasteiger partial charge in [-0.2, -0.15) is 0 Å². The number of likely N-dealkylation sites (tertiary alicyclic amines) is 1. The second-order valence-corrected chi connectivity index (χ2v) is 23.1. The fraction of sp³-hybridized carbons (Fsp3) is 0.667. The topological polar surface area (TPSA) is 196 Å². The van der Waals surface area contributed by atoms with Gasteiger partial charge in [-0.25, -0.2) is 9.59 Å². The van der Waals surface area contributed by atoms with Gasteiger partial charge >= 0.3 is 12.2 Å². The molecule has 2 aromatic carbocycles. The van der Waals surface area contributed by atoms with Crippen molar-refractivity contribution >= 4 is 63.1 Å². The summed E-state index contributed by atoms with van der Waals surface area (Å²) in [5, 5.41) is 19.8. The number of rotatable bonds is 25. The number of likely N-dealkylation sites (N-methyl/N-ethyl adjacent to an activating group) is 2. The molecule has 0 unspecified atom stereocenters. The monoisotopic (exact) mass is 1040 g/mol. The third-order valence-electron chi connectivity index (χ3n) is 14.4. The van der Waals surface area contributed by atoms with Gasteiger partial charge in [-0.05, 0) is 92.7 Å². The number of carbonyl (C=O) groups excluding carboxylic acids is 6. The molecule has 72 heavy (non-hydrogen) atoms. The van der Waals surface area contributed by atoms with Crippen molar-refractivity contribution in [1.29, 1.82) is 0 Å². The number of methoxy groups -OCH3 is 1. The van der Waals surface area contributed by atoms with Gasteiger partial charge in [0.25, 0.3) is 0 Å². The molecule has 16 nitrogen and oxygen atoms in total. The van der Waals surface area contributed by atoms with E-state index in [0.717, 1.165) is 38.5 Å². The van der Waals surface area contributed by atoms with E-state index in [2.05, 4.69) is 16.0 Å². The summed E-state index contributed by atoms with van der Waals surface area (Å²) in [6, 6.07) is 12.9. The van der Waals surface area contributed by atoms with Crippen molar-refractivity contribution in [2.75, 3.05) is 39.3 Å². The van der Waals surface area contributed by atoms with Crippen LogP contribution in [0.4, 0.5) is 15.3 Å². The van der Waals surface area contributed by atoms with Crippen molar-refractivity contribution in [3.63, 3.8) is 0 Å². The standard InChI is InChI=1S/C54H84N6O10S2/c1-13-35(6)48(43(68-11)31-45(61)60-29-19-22-41(60)30-36(7)50(63)55-37(8)49(62)39-20-15-14-16-21-39)58(9)52(65)46(33(2)3)57-51(64)47(34(4)5)59(10)54(67)69-32-38-25-27-40(28-26-38)56-53(66)70-42-23-17-18-24-44(42)72-71-12/h14-16,20-21,25-28,33-37,41-44,46-49,62H,13,17-19,22-24,29-32H2,1-12H3,(H,55,63)(H,56,66)(H,57,64)/t35-,36+,37+,41-,42-,43+,44-,46-,47-,48-,49+/m0/s1. The van der Waals surface area contributed by atoms with Crippen LogP contribution < -0.4 is 16.0 Å². The maximum Gasteiger partial charge on any atom is 0.411 e. The lowest BCUT2D eigenvalue weighted by Crippen LogP contribution is -2.60. The molecule has 402 valence electrons. The molecule has 2 aromatic rings. The number of carbonyl (C=O) groups is 6. The lowest BCUT2D eigenvalue weighted by Gasteiger charge is -2.40. The molecule has 6 amide bonds. The molecule has 1 aliphatic carbocycles. The highest BCUT2D eigenvalue weighted by atomic mass is 33.1. The van der Waals surface area contributed by atoms with Crippen LogP contribution in [0.15, 0.2) is 54.6 Å². The Kier molecular flexibility index (Phi) is 24.5. The number of nitrogens with zero attached hydrogens (tertiary/aromatic N) is 3. The lowest BCUT2D eigenvalue weighted by atomic mass is 9.89. The molecule has 1 saturated heterocycles. The number of ether oxygens (including phenoxy) is 3. The molecule has 0 aromatic heterocycles. The Morgan fingerprint density at radius 1 is 0.833 bits per heavy atom. The zero-order chi connectivity index (χ0) is 53.2. The normalized spacial score (nSPS) is 20.3. The van der Waals surface area contributed by atoms with E-state index in [-0.39, 0.29) is 65.9 Å². The molecule has 0 radical (unpaired) electrons. The number of amides is 6. The Balaban J connectivity index is 1.35. The van der Waals surface area contributed by atoms with E-state index in [1.54, 1.807) is 71.8 Å². The molecule has 1 heterocycles. The number of aliphatic hydroxyl groups is 1. The van der Waals surface area contributed by atoms with Crippen molar-refractivity contribution in [1.82, 2.24) is 25.3 Å². The smallest absolute Gasteiger partial charge is 0.411 e. The average molecular weight is 1040 g/mol. The van der Waals surface area contributed by atoms with Crippen LogP contribution in [0.1, 0.15) is 130 Å². The first-order valence-corrected chi connectivity index (χ1v) is 28.4. The predicted molar refractivity (Wildman–Crippen MR) is 286 cm³/mol. The molecule has 2 aliphatic rings. The summed E-state index contributed by atoms with van der Waals surface area (Å²) in [4.78, 5) is 87.3. The zero-order valence-electron chi connectivity index (χ0n) is 44.8. The number of aliphatic hydroxyl groups excluding tert-OH is 1. The molecule has 18 heteroatoms. The van der Waals surface area contributed by atoms with E-state index in [9.17, 15) is 33.9 Å². The molecule has 1 aliphatic heterocycles. The van der Waals surface area contributed by atoms with Gasteiger partial charge in [0.2, 0.25) is 23.6 Å². The highest BCUT2D eigenvalue weighted by Crippen LogP contribution is 2.36. The third-order valence-corrected chi connectivity index (χ3v) is 16.7. The zero-order valence-corrected chi connectivity index (χ0v) is 46.4. The lowest BCUT2D eigenvalue weighted by molar-refractivity contribution is -0.146. The van der Waals surface area contributed by atoms with Gasteiger partial charge in [-0.3, -0.25) is 29.4 Å². The third kappa shape index (κ3) is 17.0. The summed E-state index contributed by atoms with van der Waals surface area (Å²) in [5.41, 5.74) is 1.93. The fourth-order valence-corrected chi connectivity index (χ4v) is 12.2. The van der Waals surface area contributed by atoms with E-state index in [4.69, 9.17) is 14.2 Å². The summed E-state index contributed by atoms with van der Waals surface area (Å²) in [6.45, 7) is 15.4. The minimum absolute atomic E-state index is 0.00983. The Morgan fingerprint density at radius 3 is 2.11 bits per heavy atom. The van der Waals surface area contributed by atoms with Crippen LogP contribution in [-0.2, 0) is 40.0 Å². The van der Waals surface area contributed by atoms with Crippen molar-refractivity contribution < 1.29 is 48.1 Å². The number of anilines is 1. The predicted octanol–water partition coefficient (Wildman–Crippen LogP) is 8.83. The highest BCUT2D eigenvalue weighted by molar-refractivity contribution is 8.76. The summed E-state index contributed by atoms with van der Waals surface area (Å²) in [6.07, 6.45) is 5.84. The first kappa shape index (κ1) is 60.0. The van der Waals surface area contributed by atoms with E-state index in [0.29, 0.717) is 36.2 Å². The van der Waals surface area contributed by atoms with Crippen molar-refractivity contribution in [2.24, 2.45) is 23.7 Å². The molecule has 0 bridgehead atoms. The summed E-state index contributed by atoms with van der Waals surface area (Å²) in [7, 11) is 8.15. The van der Waals surface area contributed by atoms with Gasteiger partial charge < -0.3 is 39.8 Å². The molecule has 1 saturated carbocycles. The van der Waals surface area contributed by atoms with Crippen LogP contribution in [0.25, 0.3) is 0 Å². The van der Waals surface area contributed by atoms with E-state index < -0.39 is 60.4 Å². The van der Waals surface area contributed by atoms with Crippen LogP contribution in [0, 0.1) is 23.7 Å². The van der Waals surface area contributed by atoms with Crippen molar-refractivity contribution in [2.45, 2.75) is 174 Å². The molecule has 11 atom stereocenters. The Morgan fingerprint density at radius 2 is 1.50 bits per heavy atom. The Labute approximate surface area is 436 Å². The number of hydrogen-bond acceptors (Lipinski definition) is 12. The molecule has 0 spiro atoms. The van der Waals surface area contributed by atoms with Crippen LogP contribution in [-0.4, -0.2) is 137 Å². The first-order chi connectivity index (χ1) is 34.2. The summed E-state index contributed by atoms with van der Waals surface area (Å²) < 4.78 is 17.5. The van der Waals surface area contributed by atoms with Crippen LogP contribution in [0.2, 0.25) is 0 Å². The fourth-order valence-electron chi connectivity index (χ4n) is 9.99. The van der Waals surface area contributed by atoms with Gasteiger partial charge in [0.1, 0.15) is 24.8 Å². The largest absolute Gasteiger partial charge is 0.445 e. The maximum absolute atomic E-state index is 14.6. The summed E-state index contributed by atoms with van der Waals surface area (Å²) in [5.74, 6) is -2.38. The van der Waals surface area contributed by atoms with Gasteiger partial charge in [-0.15, -0.1) is 0 Å². The van der Waals surface area contributed by atoms with Crippen LogP contribution in [0.5, 0.6) is 0 Å². The van der Waals surface area contributed by atoms with E-state index >= 15 is 0 Å². The van der Waals surface area contributed by atoms with Crippen LogP contribution in [0.3, 0.4) is 0 Å². The van der Waals surface area contributed by atoms with Gasteiger partial charge in [0.05, 0.1) is 36.0 Å².